The minimum atomic E-state index is 0.743. The molecule has 0 radical (unpaired) electrons. The van der Waals surface area contributed by atoms with E-state index in [1.807, 2.05) is 0 Å². The third kappa shape index (κ3) is 1.87. The van der Waals surface area contributed by atoms with Crippen LogP contribution in [0, 0.1) is 11.8 Å². The summed E-state index contributed by atoms with van der Waals surface area (Å²) >= 11 is 0. The van der Waals surface area contributed by atoms with Gasteiger partial charge in [0.05, 0.1) is 0 Å². The molecule has 1 aliphatic rings. The minimum Gasteiger partial charge on any atom is -0.0699 e. The molecule has 0 heteroatoms. The lowest BCUT2D eigenvalue weighted by Crippen LogP contribution is -2.08. The lowest BCUT2D eigenvalue weighted by Gasteiger charge is -2.19. The van der Waals surface area contributed by atoms with Crippen molar-refractivity contribution >= 4 is 0 Å². The van der Waals surface area contributed by atoms with Gasteiger partial charge in [-0.1, -0.05) is 25.0 Å². The van der Waals surface area contributed by atoms with Crippen LogP contribution in [0.25, 0.3) is 0 Å². The van der Waals surface area contributed by atoms with Crippen LogP contribution >= 0.6 is 0 Å². The third-order valence-corrected chi connectivity index (χ3v) is 3.96. The van der Waals surface area contributed by atoms with Crippen LogP contribution in [-0.2, 0) is 0 Å². The van der Waals surface area contributed by atoms with E-state index in [1.165, 1.54) is 17.6 Å². The maximum Gasteiger partial charge on any atom is -0.0200 e. The second kappa shape index (κ2) is 3.69. The van der Waals surface area contributed by atoms with E-state index < -0.39 is 0 Å². The molecule has 0 spiro atoms. The summed E-state index contributed by atoms with van der Waals surface area (Å²) in [7, 11) is 0. The Morgan fingerprint density at radius 2 is 1.46 bits per heavy atom. The van der Waals surface area contributed by atoms with Crippen LogP contribution in [0.2, 0.25) is 0 Å². The van der Waals surface area contributed by atoms with Crippen molar-refractivity contribution in [2.45, 2.75) is 48.0 Å². The third-order valence-electron chi connectivity index (χ3n) is 3.96. The van der Waals surface area contributed by atoms with Crippen LogP contribution in [0.15, 0.2) is 22.3 Å². The van der Waals surface area contributed by atoms with Crippen molar-refractivity contribution in [2.75, 3.05) is 0 Å². The maximum absolute atomic E-state index is 2.36. The normalized spacial score (nSPS) is 30.9. The molecule has 0 saturated carbocycles. The first-order valence-corrected chi connectivity index (χ1v) is 5.29. The molecule has 74 valence electrons. The summed E-state index contributed by atoms with van der Waals surface area (Å²) in [5, 5.41) is 0. The van der Waals surface area contributed by atoms with Gasteiger partial charge in [-0.3, -0.25) is 0 Å². The van der Waals surface area contributed by atoms with Gasteiger partial charge in [0, 0.05) is 0 Å². The van der Waals surface area contributed by atoms with Crippen molar-refractivity contribution in [3.63, 3.8) is 0 Å². The Morgan fingerprint density at radius 1 is 0.923 bits per heavy atom. The molecule has 0 nitrogen and oxygen atoms in total. The van der Waals surface area contributed by atoms with E-state index in [0.29, 0.717) is 0 Å². The smallest absolute Gasteiger partial charge is 0.0200 e. The zero-order chi connectivity index (χ0) is 10.2. The van der Waals surface area contributed by atoms with E-state index in [-0.39, 0.29) is 0 Å². The molecule has 0 saturated heterocycles. The van der Waals surface area contributed by atoms with Gasteiger partial charge in [0.25, 0.3) is 0 Å². The lowest BCUT2D eigenvalue weighted by atomic mass is 9.86. The molecule has 0 bridgehead atoms. The fourth-order valence-corrected chi connectivity index (χ4v) is 2.20. The highest BCUT2D eigenvalue weighted by atomic mass is 14.3. The van der Waals surface area contributed by atoms with Crippen LogP contribution in [0.3, 0.4) is 0 Å². The molecule has 0 heterocycles. The Kier molecular flexibility index (Phi) is 3.00. The fraction of sp³-hybridized carbons (Fsp3) is 0.692. The Balaban J connectivity index is 3.16. The second-order valence-electron chi connectivity index (χ2n) is 4.68. The molecule has 0 fully saturated rings. The molecular weight excluding hydrogens is 156 g/mol. The molecule has 1 rings (SSSR count). The van der Waals surface area contributed by atoms with Crippen molar-refractivity contribution in [2.24, 2.45) is 11.8 Å². The predicted molar refractivity (Wildman–Crippen MR) is 59.7 cm³/mol. The molecule has 0 aromatic rings. The topological polar surface area (TPSA) is 0 Å². The van der Waals surface area contributed by atoms with Gasteiger partial charge in [-0.2, -0.15) is 0 Å². The van der Waals surface area contributed by atoms with E-state index in [9.17, 15) is 0 Å². The van der Waals surface area contributed by atoms with Gasteiger partial charge in [-0.05, 0) is 57.1 Å². The van der Waals surface area contributed by atoms with Crippen molar-refractivity contribution in [1.82, 2.24) is 0 Å². The van der Waals surface area contributed by atoms with Crippen LogP contribution < -0.4 is 0 Å². The largest absolute Gasteiger partial charge is 0.0699 e. The van der Waals surface area contributed by atoms with E-state index in [4.69, 9.17) is 0 Å². The Morgan fingerprint density at radius 3 is 2.00 bits per heavy atom. The van der Waals surface area contributed by atoms with E-state index in [0.717, 1.165) is 11.8 Å². The van der Waals surface area contributed by atoms with Crippen molar-refractivity contribution in [3.05, 3.63) is 22.3 Å². The number of rotatable bonds is 0. The molecule has 1 aliphatic carbocycles. The van der Waals surface area contributed by atoms with Gasteiger partial charge in [-0.15, -0.1) is 0 Å². The van der Waals surface area contributed by atoms with E-state index in [1.54, 1.807) is 11.1 Å². The molecule has 0 aromatic carbocycles. The average molecular weight is 178 g/mol. The summed E-state index contributed by atoms with van der Waals surface area (Å²) in [5.74, 6) is 1.54. The second-order valence-corrected chi connectivity index (χ2v) is 4.68. The quantitative estimate of drug-likeness (QED) is 0.518. The van der Waals surface area contributed by atoms with Gasteiger partial charge in [-0.25, -0.2) is 0 Å². The molecule has 0 aliphatic heterocycles. The first-order valence-electron chi connectivity index (χ1n) is 5.29. The standard InChI is InChI=1S/C13H22/c1-8-7-9(2)11(4)13(6)12(5)10(8)3/h8,10H,7H2,1-6H3. The SMILES string of the molecule is CC1=C(C)C(C)=C(C)C(C)C(C)C1. The molecule has 0 amide bonds. The molecular formula is C13H22. The van der Waals surface area contributed by atoms with Gasteiger partial charge < -0.3 is 0 Å². The summed E-state index contributed by atoms with van der Waals surface area (Å²) in [5.41, 5.74) is 6.21. The lowest BCUT2D eigenvalue weighted by molar-refractivity contribution is 0.439. The van der Waals surface area contributed by atoms with Crippen molar-refractivity contribution in [3.8, 4) is 0 Å². The zero-order valence-electron chi connectivity index (χ0n) is 9.86. The molecule has 0 N–H and O–H groups in total. The summed E-state index contributed by atoms with van der Waals surface area (Å²) in [6, 6.07) is 0. The zero-order valence-corrected chi connectivity index (χ0v) is 9.86. The van der Waals surface area contributed by atoms with E-state index in [2.05, 4.69) is 41.5 Å². The maximum atomic E-state index is 2.36. The Labute approximate surface area is 82.7 Å². The highest BCUT2D eigenvalue weighted by Crippen LogP contribution is 2.35. The molecule has 13 heavy (non-hydrogen) atoms. The minimum absolute atomic E-state index is 0.743. The van der Waals surface area contributed by atoms with Gasteiger partial charge in [0.15, 0.2) is 0 Å². The monoisotopic (exact) mass is 178 g/mol. The number of allylic oxidation sites excluding steroid dienone is 4. The van der Waals surface area contributed by atoms with Gasteiger partial charge in [0.1, 0.15) is 0 Å². The van der Waals surface area contributed by atoms with Crippen molar-refractivity contribution in [1.29, 1.82) is 0 Å². The summed E-state index contributed by atoms with van der Waals surface area (Å²) in [4.78, 5) is 0. The highest BCUT2D eigenvalue weighted by Gasteiger charge is 2.20. The Hall–Kier alpha value is -0.520. The summed E-state index contributed by atoms with van der Waals surface area (Å²) in [6.07, 6.45) is 1.27. The summed E-state index contributed by atoms with van der Waals surface area (Å²) < 4.78 is 0. The van der Waals surface area contributed by atoms with Gasteiger partial charge in [0.2, 0.25) is 0 Å². The van der Waals surface area contributed by atoms with Gasteiger partial charge >= 0.3 is 0 Å². The van der Waals surface area contributed by atoms with Crippen molar-refractivity contribution < 1.29 is 0 Å². The molecule has 2 atom stereocenters. The number of hydrogen-bond acceptors (Lipinski definition) is 0. The highest BCUT2D eigenvalue weighted by molar-refractivity contribution is 5.37. The van der Waals surface area contributed by atoms with E-state index >= 15 is 0 Å². The first kappa shape index (κ1) is 10.6. The number of hydrogen-bond donors (Lipinski definition) is 0. The predicted octanol–water partition coefficient (Wildman–Crippen LogP) is 4.34. The van der Waals surface area contributed by atoms with Crippen LogP contribution in [0.4, 0.5) is 0 Å². The van der Waals surface area contributed by atoms with Crippen LogP contribution in [-0.4, -0.2) is 0 Å². The average Bonchev–Trinajstić information content (AvgIpc) is 2.15. The summed E-state index contributed by atoms with van der Waals surface area (Å²) in [6.45, 7) is 13.8. The molecule has 2 unspecified atom stereocenters. The Bertz CT molecular complexity index is 266. The first-order chi connectivity index (χ1) is 5.95. The molecule has 0 aromatic heterocycles. The fourth-order valence-electron chi connectivity index (χ4n) is 2.20. The van der Waals surface area contributed by atoms with Crippen LogP contribution in [0.5, 0.6) is 0 Å². The van der Waals surface area contributed by atoms with Crippen LogP contribution in [0.1, 0.15) is 48.0 Å².